The SMILES string of the molecule is CC(=O)NCC(=O)c1ccc2c(c1)-c1c(ncnc1NC1CCC(N3CCOCC3)CC1)C2.FC(F)c1nnc(-c2ccc3c(c2)-c2c(ncnc2NC2CCC(N4CCOCC4)CC2)C3)o1.NCC(=O)c1ccc2c(c1)-c1c(ncnc1NC1CCC(N3CCOCC3)CC1)C2. The van der Waals surface area contributed by atoms with Crippen LogP contribution >= 0.6 is 0 Å². The summed E-state index contributed by atoms with van der Waals surface area (Å²) < 4.78 is 47.4. The largest absolute Gasteiger partial charge is 0.415 e. The Balaban J connectivity index is 0.000000125. The Morgan fingerprint density at radius 1 is 0.505 bits per heavy atom. The number of nitrogens with one attached hydrogen (secondary N) is 4. The first-order valence-electron chi connectivity index (χ1n) is 34.8. The summed E-state index contributed by atoms with van der Waals surface area (Å²) in [6, 6.07) is 20.4. The van der Waals surface area contributed by atoms with E-state index in [4.69, 9.17) is 24.4 Å². The number of carbonyl (C=O) groups excluding carboxylic acids is 3. The van der Waals surface area contributed by atoms with Gasteiger partial charge in [-0.15, -0.1) is 10.2 Å². The van der Waals surface area contributed by atoms with Crippen LogP contribution in [-0.2, 0) is 38.3 Å². The Labute approximate surface area is 563 Å². The molecule has 510 valence electrons. The fourth-order valence-electron chi connectivity index (χ4n) is 15.8. The number of ether oxygens (including phenoxy) is 3. The van der Waals surface area contributed by atoms with E-state index in [9.17, 15) is 23.2 Å². The molecule has 4 aromatic heterocycles. The van der Waals surface area contributed by atoms with Crippen molar-refractivity contribution in [3.63, 3.8) is 0 Å². The molecular weight excluding hydrogens is 1240 g/mol. The topological polar surface area (TPSA) is 279 Å². The van der Waals surface area contributed by atoms with Gasteiger partial charge in [-0.2, -0.15) is 8.78 Å². The third-order valence-corrected chi connectivity index (χ3v) is 21.0. The van der Waals surface area contributed by atoms with Gasteiger partial charge in [-0.05, 0) is 135 Å². The van der Waals surface area contributed by atoms with Gasteiger partial charge in [0.05, 0.1) is 69.8 Å². The lowest BCUT2D eigenvalue weighted by Gasteiger charge is -2.39. The number of rotatable bonds is 16. The summed E-state index contributed by atoms with van der Waals surface area (Å²) in [5, 5.41) is 20.9. The highest BCUT2D eigenvalue weighted by atomic mass is 19.3. The molecule has 6 fully saturated rings. The van der Waals surface area contributed by atoms with Gasteiger partial charge in [0.25, 0.3) is 5.89 Å². The van der Waals surface area contributed by atoms with Crippen LogP contribution in [0.5, 0.6) is 0 Å². The van der Waals surface area contributed by atoms with Crippen LogP contribution in [0.1, 0.15) is 151 Å². The number of hydrogen-bond donors (Lipinski definition) is 5. The van der Waals surface area contributed by atoms with Gasteiger partial charge in [0, 0.05) is 135 Å². The molecule has 9 aliphatic rings. The number of fused-ring (bicyclic) bond motifs is 9. The van der Waals surface area contributed by atoms with Crippen molar-refractivity contribution >= 4 is 34.9 Å². The normalized spacial score (nSPS) is 22.8. The van der Waals surface area contributed by atoms with Crippen LogP contribution in [-0.4, -0.2) is 201 Å². The summed E-state index contributed by atoms with van der Waals surface area (Å²) in [7, 11) is 0. The third-order valence-electron chi connectivity index (χ3n) is 21.0. The average molecular weight is 1330 g/mol. The lowest BCUT2D eigenvalue weighted by atomic mass is 9.89. The summed E-state index contributed by atoms with van der Waals surface area (Å²) >= 11 is 0. The van der Waals surface area contributed by atoms with E-state index in [0.29, 0.717) is 59.4 Å². The second-order valence-corrected chi connectivity index (χ2v) is 26.9. The molecule has 7 heterocycles. The second kappa shape index (κ2) is 30.3. The van der Waals surface area contributed by atoms with Gasteiger partial charge in [0.15, 0.2) is 11.6 Å². The Kier molecular flexibility index (Phi) is 20.6. The third kappa shape index (κ3) is 15.1. The Hall–Kier alpha value is -8.17. The molecule has 23 nitrogen and oxygen atoms in total. The van der Waals surface area contributed by atoms with Crippen molar-refractivity contribution in [2.45, 2.75) is 146 Å². The molecule has 0 bridgehead atoms. The molecule has 1 amide bonds. The molecule has 3 saturated heterocycles. The van der Waals surface area contributed by atoms with Crippen molar-refractivity contribution < 1.29 is 41.8 Å². The van der Waals surface area contributed by atoms with Crippen LogP contribution in [0.2, 0.25) is 0 Å². The Bertz CT molecular complexity index is 3950. The number of aromatic nitrogens is 8. The number of morpholine rings is 3. The molecule has 3 aromatic carbocycles. The summed E-state index contributed by atoms with van der Waals surface area (Å²) in [6.07, 6.45) is 18.1. The number of Topliss-reactive ketones (excluding diaryl/α,β-unsaturated/α-hetero) is 2. The molecule has 0 radical (unpaired) electrons. The monoisotopic (exact) mass is 1320 g/mol. The first kappa shape index (κ1) is 66.1. The van der Waals surface area contributed by atoms with Crippen molar-refractivity contribution in [2.24, 2.45) is 5.73 Å². The first-order valence-corrected chi connectivity index (χ1v) is 34.8. The predicted octanol–water partition coefficient (Wildman–Crippen LogP) is 8.76. The summed E-state index contributed by atoms with van der Waals surface area (Å²) in [6.45, 7) is 12.8. The van der Waals surface area contributed by atoms with Crippen molar-refractivity contribution in [2.75, 3.05) is 108 Å². The van der Waals surface area contributed by atoms with E-state index in [1.807, 2.05) is 54.6 Å². The van der Waals surface area contributed by atoms with Gasteiger partial charge in [0.2, 0.25) is 11.8 Å². The fraction of sp³-hybridized carbons (Fsp3) is 0.514. The van der Waals surface area contributed by atoms with Crippen LogP contribution in [0.3, 0.4) is 0 Å². The van der Waals surface area contributed by atoms with Crippen LogP contribution in [0.25, 0.3) is 44.8 Å². The maximum atomic E-state index is 12.9. The highest BCUT2D eigenvalue weighted by Gasteiger charge is 2.35. The number of ketones is 2. The number of halogens is 2. The molecular formula is C72H86F2N16O7. The quantitative estimate of drug-likeness (QED) is 0.0565. The molecule has 0 atom stereocenters. The zero-order valence-electron chi connectivity index (χ0n) is 55.1. The number of amides is 1. The molecule has 0 unspecified atom stereocenters. The minimum absolute atomic E-state index is 0.00373. The average Bonchev–Trinajstić information content (AvgIpc) is 1.64. The molecule has 16 rings (SSSR count). The van der Waals surface area contributed by atoms with E-state index in [2.05, 4.69) is 76.1 Å². The van der Waals surface area contributed by atoms with E-state index in [1.165, 1.54) is 38.2 Å². The van der Waals surface area contributed by atoms with E-state index in [0.717, 1.165) is 222 Å². The van der Waals surface area contributed by atoms with E-state index < -0.39 is 12.3 Å². The lowest BCUT2D eigenvalue weighted by molar-refractivity contribution is -0.118. The first-order chi connectivity index (χ1) is 47.5. The predicted molar refractivity (Wildman–Crippen MR) is 362 cm³/mol. The van der Waals surface area contributed by atoms with E-state index >= 15 is 0 Å². The van der Waals surface area contributed by atoms with Crippen LogP contribution in [0.15, 0.2) is 78.0 Å². The highest BCUT2D eigenvalue weighted by Crippen LogP contribution is 2.45. The number of benzene rings is 3. The maximum absolute atomic E-state index is 12.9. The minimum atomic E-state index is -2.79. The Morgan fingerprint density at radius 2 is 0.887 bits per heavy atom. The van der Waals surface area contributed by atoms with Gasteiger partial charge in [-0.1, -0.05) is 30.3 Å². The van der Waals surface area contributed by atoms with Crippen molar-refractivity contribution in [1.29, 1.82) is 0 Å². The smallest absolute Gasteiger partial charge is 0.314 e. The number of anilines is 3. The Morgan fingerprint density at radius 3 is 1.26 bits per heavy atom. The fourth-order valence-corrected chi connectivity index (χ4v) is 15.8. The standard InChI is InChI=1S/C25H31N5O3.C24H26F2N6O2.C23H29N5O2/c1-16(31)26-14-23(32)18-3-2-17-13-22-24(21(17)12-18)25(28-15-27-22)29-19-4-6-20(7-5-19)30-8-10-33-11-9-30;25-21(26)24-31-30-23(34-24)15-2-1-14-12-19-20(18(14)11-15)22(28-13-27-19)29-16-3-5-17(6-4-16)32-7-9-33-10-8-32;24-13-21(29)16-2-1-15-12-20-22(19(15)11-16)23(26-14-25-20)27-17-3-5-18(6-4-17)28-7-9-30-10-8-28/h2-3,12,15,19-20H,4-11,13-14H2,1H3,(H,26,31)(H,27,28,29);1-2,11,13,16-17,21H,3-10,12H2,(H,27,28,29);1-2,11,14,17-18H,3-10,12-13,24H2,(H,25,26,27). The number of alkyl halides is 2. The molecule has 97 heavy (non-hydrogen) atoms. The van der Waals surface area contributed by atoms with Crippen molar-refractivity contribution in [3.8, 4) is 44.8 Å². The molecule has 6 aliphatic carbocycles. The number of nitrogens with zero attached hydrogens (tertiary/aromatic N) is 11. The summed E-state index contributed by atoms with van der Waals surface area (Å²) in [5.74, 6) is 1.64. The van der Waals surface area contributed by atoms with Crippen LogP contribution in [0.4, 0.5) is 26.2 Å². The molecule has 3 saturated carbocycles. The van der Waals surface area contributed by atoms with Gasteiger partial charge in [0.1, 0.15) is 36.4 Å². The van der Waals surface area contributed by atoms with Gasteiger partial charge in [-0.25, -0.2) is 29.9 Å². The van der Waals surface area contributed by atoms with E-state index in [-0.39, 0.29) is 36.5 Å². The zero-order valence-corrected chi connectivity index (χ0v) is 55.1. The molecule has 25 heteroatoms. The minimum Gasteiger partial charge on any atom is -0.415 e. The van der Waals surface area contributed by atoms with Gasteiger partial charge in [-0.3, -0.25) is 29.1 Å². The highest BCUT2D eigenvalue weighted by molar-refractivity contribution is 6.02. The lowest BCUT2D eigenvalue weighted by Crippen LogP contribution is -2.46. The van der Waals surface area contributed by atoms with Gasteiger partial charge >= 0.3 is 6.43 Å². The molecule has 7 aromatic rings. The summed E-state index contributed by atoms with van der Waals surface area (Å²) in [5.41, 5.74) is 20.0. The molecule has 0 spiro atoms. The van der Waals surface area contributed by atoms with Gasteiger partial charge < -0.3 is 45.6 Å². The zero-order chi connectivity index (χ0) is 66.4. The number of carbonyl (C=O) groups is 3. The maximum Gasteiger partial charge on any atom is 0.314 e. The number of nitrogens with two attached hydrogens (primary N) is 1. The molecule has 3 aliphatic heterocycles. The number of hydrogen-bond acceptors (Lipinski definition) is 22. The van der Waals surface area contributed by atoms with Crippen LogP contribution in [0, 0.1) is 0 Å². The van der Waals surface area contributed by atoms with Crippen LogP contribution < -0.4 is 27.0 Å². The van der Waals surface area contributed by atoms with Crippen molar-refractivity contribution in [3.05, 3.63) is 124 Å². The summed E-state index contributed by atoms with van der Waals surface area (Å²) in [4.78, 5) is 70.9. The van der Waals surface area contributed by atoms with E-state index in [1.54, 1.807) is 19.0 Å². The molecule has 6 N–H and O–H groups in total. The second-order valence-electron chi connectivity index (χ2n) is 26.9. The van der Waals surface area contributed by atoms with Crippen molar-refractivity contribution in [1.82, 2.24) is 60.1 Å².